The largest absolute Gasteiger partial charge is 0.298 e. The molecule has 8 rings (SSSR count). The van der Waals surface area contributed by atoms with Crippen LogP contribution in [0.25, 0.3) is 67.7 Å². The van der Waals surface area contributed by atoms with Crippen LogP contribution in [0.3, 0.4) is 0 Å². The summed E-state index contributed by atoms with van der Waals surface area (Å²) in [6.45, 7) is 0. The number of rotatable bonds is 0. The van der Waals surface area contributed by atoms with E-state index in [4.69, 9.17) is 0 Å². The quantitative estimate of drug-likeness (QED) is 0.230. The van der Waals surface area contributed by atoms with Crippen molar-refractivity contribution in [2.75, 3.05) is 0 Å². The summed E-state index contributed by atoms with van der Waals surface area (Å²) in [5.74, 6) is 0. The number of fused-ring (bicyclic) bond motifs is 13. The van der Waals surface area contributed by atoms with Crippen LogP contribution in [0.2, 0.25) is 0 Å². The molecule has 0 saturated carbocycles. The van der Waals surface area contributed by atoms with E-state index in [1.54, 1.807) is 0 Å². The fourth-order valence-corrected chi connectivity index (χ4v) is 7.36. The van der Waals surface area contributed by atoms with Crippen molar-refractivity contribution in [3.05, 3.63) is 79.4 Å². The van der Waals surface area contributed by atoms with Gasteiger partial charge in [-0.1, -0.05) is 24.3 Å². The zero-order chi connectivity index (χ0) is 20.1. The Labute approximate surface area is 183 Å². The van der Waals surface area contributed by atoms with Gasteiger partial charge in [-0.15, -0.1) is 22.7 Å². The highest BCUT2D eigenvalue weighted by Crippen LogP contribution is 2.44. The molecule has 0 amide bonds. The Morgan fingerprint density at radius 1 is 0.645 bits per heavy atom. The molecule has 5 heterocycles. The van der Waals surface area contributed by atoms with E-state index in [0.717, 1.165) is 11.0 Å². The summed E-state index contributed by atoms with van der Waals surface area (Å²) in [6, 6.07) is 20.1. The van der Waals surface area contributed by atoms with Gasteiger partial charge in [-0.3, -0.25) is 9.38 Å². The summed E-state index contributed by atoms with van der Waals surface area (Å²) in [5.41, 5.74) is 2.19. The lowest BCUT2D eigenvalue weighted by molar-refractivity contribution is 1.27. The molecule has 5 aromatic heterocycles. The number of thiophene rings is 2. The van der Waals surface area contributed by atoms with Gasteiger partial charge in [-0.05, 0) is 35.7 Å². The second kappa shape index (κ2) is 5.58. The molecule has 3 nitrogen and oxygen atoms in total. The van der Waals surface area contributed by atoms with Crippen LogP contribution in [0.4, 0.5) is 0 Å². The molecule has 0 spiro atoms. The number of aromatic nitrogens is 3. The molecule has 0 bridgehead atoms. The van der Waals surface area contributed by atoms with E-state index in [2.05, 4.69) is 75.2 Å². The first-order valence-corrected chi connectivity index (χ1v) is 11.8. The average molecular weight is 432 g/mol. The minimum Gasteiger partial charge on any atom is -0.298 e. The average Bonchev–Trinajstić information content (AvgIpc) is 3.52. The molecule has 0 aliphatic carbocycles. The van der Waals surface area contributed by atoms with Gasteiger partial charge in [0.2, 0.25) is 0 Å². The van der Waals surface area contributed by atoms with Gasteiger partial charge < -0.3 is 0 Å². The van der Waals surface area contributed by atoms with Crippen molar-refractivity contribution < 1.29 is 0 Å². The molecular formula is C26H13N3S2. The summed E-state index contributed by atoms with van der Waals surface area (Å²) in [5, 5.41) is 8.86. The molecule has 0 fully saturated rings. The monoisotopic (exact) mass is 431 g/mol. The SMILES string of the molecule is c1ccc2c(c1)sc1cc3sc4ccc5c6ccncc6c6nccn6c5c4c3cc12. The van der Waals surface area contributed by atoms with E-state index in [1.165, 1.54) is 56.6 Å². The maximum Gasteiger partial charge on any atom is 0.146 e. The molecule has 0 unspecified atom stereocenters. The zero-order valence-corrected chi connectivity index (χ0v) is 17.8. The topological polar surface area (TPSA) is 30.2 Å². The number of benzene rings is 3. The molecule has 0 radical (unpaired) electrons. The number of hydrogen-bond donors (Lipinski definition) is 0. The van der Waals surface area contributed by atoms with Crippen LogP contribution < -0.4 is 0 Å². The molecule has 0 N–H and O–H groups in total. The highest BCUT2D eigenvalue weighted by molar-refractivity contribution is 7.28. The van der Waals surface area contributed by atoms with Crippen molar-refractivity contribution >= 4 is 90.3 Å². The van der Waals surface area contributed by atoms with Crippen LogP contribution in [0.5, 0.6) is 0 Å². The predicted molar refractivity (Wildman–Crippen MR) is 134 cm³/mol. The van der Waals surface area contributed by atoms with Crippen molar-refractivity contribution in [2.24, 2.45) is 0 Å². The molecule has 3 aromatic carbocycles. The predicted octanol–water partition coefficient (Wildman–Crippen LogP) is 7.77. The summed E-state index contributed by atoms with van der Waals surface area (Å²) < 4.78 is 7.59. The highest BCUT2D eigenvalue weighted by atomic mass is 32.1. The van der Waals surface area contributed by atoms with Gasteiger partial charge in [0.15, 0.2) is 0 Å². The lowest BCUT2D eigenvalue weighted by atomic mass is 10.0. The first-order chi connectivity index (χ1) is 15.4. The number of imidazole rings is 1. The van der Waals surface area contributed by atoms with Gasteiger partial charge in [-0.25, -0.2) is 4.98 Å². The molecule has 0 atom stereocenters. The van der Waals surface area contributed by atoms with E-state index in [9.17, 15) is 0 Å². The Kier molecular flexibility index (Phi) is 2.91. The molecular weight excluding hydrogens is 418 g/mol. The zero-order valence-electron chi connectivity index (χ0n) is 16.2. The lowest BCUT2D eigenvalue weighted by Crippen LogP contribution is -1.91. The van der Waals surface area contributed by atoms with Crippen LogP contribution in [0, 0.1) is 0 Å². The van der Waals surface area contributed by atoms with E-state index < -0.39 is 0 Å². The van der Waals surface area contributed by atoms with Gasteiger partial charge in [0.1, 0.15) is 5.65 Å². The van der Waals surface area contributed by atoms with Crippen molar-refractivity contribution in [3.63, 3.8) is 0 Å². The van der Waals surface area contributed by atoms with E-state index >= 15 is 0 Å². The Morgan fingerprint density at radius 2 is 1.55 bits per heavy atom. The first kappa shape index (κ1) is 16.2. The van der Waals surface area contributed by atoms with Crippen LogP contribution in [0.15, 0.2) is 79.4 Å². The summed E-state index contributed by atoms with van der Waals surface area (Å²) >= 11 is 3.76. The van der Waals surface area contributed by atoms with E-state index in [-0.39, 0.29) is 0 Å². The minimum absolute atomic E-state index is 0.963. The Hall–Kier alpha value is -3.54. The number of pyridine rings is 2. The highest BCUT2D eigenvalue weighted by Gasteiger charge is 2.17. The third-order valence-electron chi connectivity index (χ3n) is 6.34. The minimum atomic E-state index is 0.963. The molecule has 5 heteroatoms. The number of hydrogen-bond acceptors (Lipinski definition) is 4. The molecule has 0 saturated heterocycles. The third-order valence-corrected chi connectivity index (χ3v) is 8.59. The third kappa shape index (κ3) is 1.98. The molecule has 31 heavy (non-hydrogen) atoms. The molecule has 8 aromatic rings. The number of nitrogens with zero attached hydrogens (tertiary/aromatic N) is 3. The Bertz CT molecular complexity index is 2010. The Morgan fingerprint density at radius 3 is 2.55 bits per heavy atom. The summed E-state index contributed by atoms with van der Waals surface area (Å²) in [7, 11) is 0. The van der Waals surface area contributed by atoms with Gasteiger partial charge in [-0.2, -0.15) is 0 Å². The van der Waals surface area contributed by atoms with Crippen molar-refractivity contribution in [2.45, 2.75) is 0 Å². The summed E-state index contributed by atoms with van der Waals surface area (Å²) in [6.07, 6.45) is 7.76. The van der Waals surface area contributed by atoms with Crippen molar-refractivity contribution in [3.8, 4) is 0 Å². The standard InChI is InChI=1S/C26H13N3S2/c1-2-4-20-15(3-1)17-11-18-23(12-22(17)30-20)31-21-6-5-16-14-7-8-27-13-19(14)26-28-9-10-29(26)25(16)24(18)21/h1-13H. The fourth-order valence-electron chi connectivity index (χ4n) is 5.03. The first-order valence-electron chi connectivity index (χ1n) is 10.2. The lowest BCUT2D eigenvalue weighted by Gasteiger charge is -2.09. The normalized spacial score (nSPS) is 12.5. The van der Waals surface area contributed by atoms with Crippen LogP contribution in [-0.4, -0.2) is 14.4 Å². The second-order valence-electron chi connectivity index (χ2n) is 7.92. The van der Waals surface area contributed by atoms with Crippen LogP contribution >= 0.6 is 22.7 Å². The van der Waals surface area contributed by atoms with E-state index in [1.807, 2.05) is 41.3 Å². The summed E-state index contributed by atoms with van der Waals surface area (Å²) in [4.78, 5) is 9.04. The van der Waals surface area contributed by atoms with Crippen LogP contribution in [-0.2, 0) is 0 Å². The van der Waals surface area contributed by atoms with Crippen LogP contribution in [0.1, 0.15) is 0 Å². The maximum absolute atomic E-state index is 4.68. The van der Waals surface area contributed by atoms with Crippen molar-refractivity contribution in [1.82, 2.24) is 14.4 Å². The second-order valence-corrected chi connectivity index (χ2v) is 10.1. The van der Waals surface area contributed by atoms with Gasteiger partial charge in [0, 0.05) is 75.9 Å². The fraction of sp³-hybridized carbons (Fsp3) is 0. The van der Waals surface area contributed by atoms with E-state index in [0.29, 0.717) is 0 Å². The van der Waals surface area contributed by atoms with Gasteiger partial charge in [0.05, 0.1) is 5.52 Å². The molecule has 144 valence electrons. The molecule has 0 aliphatic heterocycles. The molecule has 0 aliphatic rings. The van der Waals surface area contributed by atoms with Gasteiger partial charge >= 0.3 is 0 Å². The maximum atomic E-state index is 4.68. The Balaban J connectivity index is 1.68. The van der Waals surface area contributed by atoms with Gasteiger partial charge in [0.25, 0.3) is 0 Å². The van der Waals surface area contributed by atoms with Crippen molar-refractivity contribution in [1.29, 1.82) is 0 Å². The smallest absolute Gasteiger partial charge is 0.146 e.